The van der Waals surface area contributed by atoms with Gasteiger partial charge in [0.1, 0.15) is 6.10 Å². The van der Waals surface area contributed by atoms with E-state index < -0.39 is 0 Å². The van der Waals surface area contributed by atoms with Crippen LogP contribution in [0.15, 0.2) is 34.3 Å². The highest BCUT2D eigenvalue weighted by molar-refractivity contribution is 5.10. The topological polar surface area (TPSA) is 34.0 Å². The maximum absolute atomic E-state index is 5.57. The molecule has 3 nitrogen and oxygen atoms in total. The number of para-hydroxylation sites is 2. The molecule has 0 radical (unpaired) electrons. The Hall–Kier alpha value is -1.22. The van der Waals surface area contributed by atoms with Crippen LogP contribution in [0.25, 0.3) is 0 Å². The average Bonchev–Trinajstić information content (AvgIpc) is 2.68. The van der Waals surface area contributed by atoms with Gasteiger partial charge in [-0.05, 0) is 31.4 Å². The van der Waals surface area contributed by atoms with Crippen LogP contribution >= 0.6 is 0 Å². The van der Waals surface area contributed by atoms with Crippen molar-refractivity contribution in [2.45, 2.75) is 37.5 Å². The molecule has 1 aliphatic heterocycles. The lowest BCUT2D eigenvalue weighted by Gasteiger charge is -2.35. The van der Waals surface area contributed by atoms with Crippen LogP contribution in [0.2, 0.25) is 0 Å². The van der Waals surface area contributed by atoms with E-state index >= 15 is 0 Å². The number of benzene rings is 1. The summed E-state index contributed by atoms with van der Waals surface area (Å²) in [6.45, 7) is 0. The van der Waals surface area contributed by atoms with Gasteiger partial charge in [0.05, 0.1) is 10.7 Å². The third kappa shape index (κ3) is 1.39. The summed E-state index contributed by atoms with van der Waals surface area (Å²) in [6.07, 6.45) is 4.65. The van der Waals surface area contributed by atoms with Crippen LogP contribution in [-0.4, -0.2) is 18.9 Å². The highest BCUT2D eigenvalue weighted by atomic mass is 16.5. The maximum atomic E-state index is 5.57. The predicted molar refractivity (Wildman–Crippen MR) is 60.8 cm³/mol. The van der Waals surface area contributed by atoms with Gasteiger partial charge >= 0.3 is 0 Å². The van der Waals surface area contributed by atoms with Crippen molar-refractivity contribution in [1.82, 2.24) is 0 Å². The Kier molecular flexibility index (Phi) is 2.28. The molecule has 84 valence electrons. The molecule has 16 heavy (non-hydrogen) atoms. The Bertz CT molecular complexity index is 474. The van der Waals surface area contributed by atoms with Gasteiger partial charge in [0, 0.05) is 7.11 Å². The summed E-state index contributed by atoms with van der Waals surface area (Å²) in [7, 11) is 1.77. The molecule has 0 saturated heterocycles. The van der Waals surface area contributed by atoms with Gasteiger partial charge in [0.25, 0.3) is 0 Å². The third-order valence-electron chi connectivity index (χ3n) is 3.57. The van der Waals surface area contributed by atoms with Gasteiger partial charge in [-0.15, -0.1) is 0 Å². The van der Waals surface area contributed by atoms with Gasteiger partial charge in [0.2, 0.25) is 0 Å². The van der Waals surface area contributed by atoms with Crippen LogP contribution in [0.1, 0.15) is 25.7 Å². The first kappa shape index (κ1) is 9.97. The van der Waals surface area contributed by atoms with E-state index in [1.165, 1.54) is 12.8 Å². The smallest absolute Gasteiger partial charge is 0.177 e. The zero-order chi connectivity index (χ0) is 11.0. The van der Waals surface area contributed by atoms with Gasteiger partial charge in [-0.1, -0.05) is 18.6 Å². The van der Waals surface area contributed by atoms with Gasteiger partial charge in [-0.2, -0.15) is 0 Å². The van der Waals surface area contributed by atoms with E-state index in [1.54, 1.807) is 7.11 Å². The molecule has 1 aromatic carbocycles. The molecule has 1 atom stereocenters. The molecule has 0 bridgehead atoms. The Balaban J connectivity index is 2.11. The van der Waals surface area contributed by atoms with E-state index in [0.717, 1.165) is 23.6 Å². The second-order valence-electron chi connectivity index (χ2n) is 4.56. The molecule has 1 aliphatic carbocycles. The van der Waals surface area contributed by atoms with Crippen molar-refractivity contribution in [3.05, 3.63) is 35.0 Å². The predicted octanol–water partition coefficient (Wildman–Crippen LogP) is 1.22. The molecule has 0 aromatic heterocycles. The minimum absolute atomic E-state index is 0.147. The van der Waals surface area contributed by atoms with Crippen molar-refractivity contribution in [1.29, 1.82) is 0 Å². The maximum Gasteiger partial charge on any atom is 0.177 e. The quantitative estimate of drug-likeness (QED) is 0.695. The average molecular weight is 216 g/mol. The van der Waals surface area contributed by atoms with Crippen molar-refractivity contribution in [2.75, 3.05) is 7.11 Å². The molecule has 2 aliphatic rings. The first-order chi connectivity index (χ1) is 7.84. The molecule has 1 spiro atoms. The van der Waals surface area contributed by atoms with Gasteiger partial charge < -0.3 is 4.74 Å². The van der Waals surface area contributed by atoms with E-state index in [1.807, 2.05) is 24.3 Å². The number of nitrogens with zero attached hydrogens (tertiary/aromatic N) is 2. The van der Waals surface area contributed by atoms with Crippen molar-refractivity contribution in [3.8, 4) is 0 Å². The van der Waals surface area contributed by atoms with Crippen LogP contribution in [0.4, 0.5) is 0 Å². The zero-order valence-electron chi connectivity index (χ0n) is 9.52. The number of hydrogen-bond acceptors (Lipinski definition) is 3. The lowest BCUT2D eigenvalue weighted by molar-refractivity contribution is 0.0102. The molecule has 1 saturated carbocycles. The number of hydrogen-bond donors (Lipinski definition) is 0. The summed E-state index contributed by atoms with van der Waals surface area (Å²) in [6, 6.07) is 8.10. The van der Waals surface area contributed by atoms with Gasteiger partial charge in [0.15, 0.2) is 5.66 Å². The molecular weight excluding hydrogens is 200 g/mol. The molecule has 3 heteroatoms. The van der Waals surface area contributed by atoms with Crippen molar-refractivity contribution in [3.63, 3.8) is 0 Å². The summed E-state index contributed by atoms with van der Waals surface area (Å²) in [4.78, 5) is 9.61. The molecule has 1 aromatic rings. The first-order valence-electron chi connectivity index (χ1n) is 5.92. The number of rotatable bonds is 1. The standard InChI is InChI=1S/C13H16N2O/c1-16-12-8-4-5-9-13(12)14-10-6-2-3-7-11(10)15-13/h2-3,6-7,12H,4-5,8-9H2,1H3. The minimum atomic E-state index is -0.323. The normalized spacial score (nSPS) is 25.9. The molecule has 3 rings (SSSR count). The largest absolute Gasteiger partial charge is 0.377 e. The molecule has 1 unspecified atom stereocenters. The fourth-order valence-electron chi connectivity index (χ4n) is 2.76. The van der Waals surface area contributed by atoms with E-state index in [2.05, 4.69) is 0 Å². The number of methoxy groups -OCH3 is 1. The van der Waals surface area contributed by atoms with Crippen molar-refractivity contribution in [2.24, 2.45) is 9.98 Å². The monoisotopic (exact) mass is 216 g/mol. The molecule has 1 fully saturated rings. The number of fused-ring (bicyclic) bond motifs is 1. The highest BCUT2D eigenvalue weighted by Gasteiger charge is 2.42. The Morgan fingerprint density at radius 1 is 1.19 bits per heavy atom. The SMILES string of the molecule is COC1CCCCC12N=c1ccccc1=N2. The van der Waals surface area contributed by atoms with Crippen LogP contribution < -0.4 is 10.7 Å². The van der Waals surface area contributed by atoms with Gasteiger partial charge in [-0.3, -0.25) is 9.98 Å². The summed E-state index contributed by atoms with van der Waals surface area (Å²) in [5.41, 5.74) is -0.323. The summed E-state index contributed by atoms with van der Waals surface area (Å²) in [5.74, 6) is 0. The first-order valence-corrected chi connectivity index (χ1v) is 5.92. The van der Waals surface area contributed by atoms with Crippen LogP contribution in [0, 0.1) is 0 Å². The second-order valence-corrected chi connectivity index (χ2v) is 4.56. The summed E-state index contributed by atoms with van der Waals surface area (Å²) >= 11 is 0. The van der Waals surface area contributed by atoms with Gasteiger partial charge in [-0.25, -0.2) is 0 Å². The minimum Gasteiger partial charge on any atom is -0.377 e. The highest BCUT2D eigenvalue weighted by Crippen LogP contribution is 2.35. The van der Waals surface area contributed by atoms with Crippen LogP contribution in [-0.2, 0) is 4.74 Å². The molecule has 0 amide bonds. The molecule has 1 heterocycles. The molecular formula is C13H16N2O. The summed E-state index contributed by atoms with van der Waals surface area (Å²) in [5, 5.41) is 2.04. The number of ether oxygens (including phenoxy) is 1. The lowest BCUT2D eigenvalue weighted by atomic mass is 9.87. The van der Waals surface area contributed by atoms with Crippen LogP contribution in [0.3, 0.4) is 0 Å². The fourth-order valence-corrected chi connectivity index (χ4v) is 2.76. The lowest BCUT2D eigenvalue weighted by Crippen LogP contribution is -2.42. The van der Waals surface area contributed by atoms with E-state index in [4.69, 9.17) is 14.7 Å². The Morgan fingerprint density at radius 2 is 1.88 bits per heavy atom. The van der Waals surface area contributed by atoms with Crippen LogP contribution in [0.5, 0.6) is 0 Å². The van der Waals surface area contributed by atoms with E-state index in [0.29, 0.717) is 0 Å². The van der Waals surface area contributed by atoms with Crippen molar-refractivity contribution < 1.29 is 4.74 Å². The third-order valence-corrected chi connectivity index (χ3v) is 3.57. The van der Waals surface area contributed by atoms with E-state index in [-0.39, 0.29) is 11.8 Å². The second kappa shape index (κ2) is 3.67. The fraction of sp³-hybridized carbons (Fsp3) is 0.538. The Labute approximate surface area is 94.9 Å². The molecule has 0 N–H and O–H groups in total. The van der Waals surface area contributed by atoms with E-state index in [9.17, 15) is 0 Å². The Morgan fingerprint density at radius 3 is 2.50 bits per heavy atom. The summed E-state index contributed by atoms with van der Waals surface area (Å²) < 4.78 is 5.57. The zero-order valence-corrected chi connectivity index (χ0v) is 9.52. The van der Waals surface area contributed by atoms with Crippen molar-refractivity contribution >= 4 is 0 Å².